The fourth-order valence-corrected chi connectivity index (χ4v) is 1.75. The zero-order valence-corrected chi connectivity index (χ0v) is 10.1. The maximum atomic E-state index is 10.4. The number of aliphatic hydroxyl groups excluding tert-OH is 2. The van der Waals surface area contributed by atoms with E-state index in [4.69, 9.17) is 20.7 Å². The molecular formula is C11H23NO4. The third-order valence-corrected chi connectivity index (χ3v) is 3.10. The first-order chi connectivity index (χ1) is 7.43. The highest BCUT2D eigenvalue weighted by atomic mass is 16.5. The monoisotopic (exact) mass is 233 g/mol. The SMILES string of the molecule is CC(C)(OC=O)C(N)(CCCO)CCCO. The van der Waals surface area contributed by atoms with E-state index in [1.165, 1.54) is 0 Å². The minimum Gasteiger partial charge on any atom is -0.460 e. The van der Waals surface area contributed by atoms with E-state index >= 15 is 0 Å². The van der Waals surface area contributed by atoms with Crippen molar-refractivity contribution in [1.82, 2.24) is 0 Å². The topological polar surface area (TPSA) is 92.8 Å². The van der Waals surface area contributed by atoms with Gasteiger partial charge in [0.05, 0.1) is 5.54 Å². The zero-order valence-electron chi connectivity index (χ0n) is 10.1. The number of ether oxygens (including phenoxy) is 1. The van der Waals surface area contributed by atoms with Crippen molar-refractivity contribution in [3.8, 4) is 0 Å². The Morgan fingerprint density at radius 1 is 1.19 bits per heavy atom. The summed E-state index contributed by atoms with van der Waals surface area (Å²) in [6.45, 7) is 3.98. The maximum absolute atomic E-state index is 10.4. The lowest BCUT2D eigenvalue weighted by Gasteiger charge is -2.42. The molecule has 0 atom stereocenters. The quantitative estimate of drug-likeness (QED) is 0.494. The molecule has 0 heterocycles. The molecule has 0 aromatic carbocycles. The Morgan fingerprint density at radius 3 is 1.94 bits per heavy atom. The van der Waals surface area contributed by atoms with Crippen LogP contribution in [0.4, 0.5) is 0 Å². The second-order valence-electron chi connectivity index (χ2n) is 4.53. The van der Waals surface area contributed by atoms with Crippen LogP contribution in [0.2, 0.25) is 0 Å². The van der Waals surface area contributed by atoms with Gasteiger partial charge in [0.15, 0.2) is 0 Å². The zero-order chi connectivity index (χ0) is 12.7. The summed E-state index contributed by atoms with van der Waals surface area (Å²) >= 11 is 0. The van der Waals surface area contributed by atoms with Crippen LogP contribution >= 0.6 is 0 Å². The van der Waals surface area contributed by atoms with Gasteiger partial charge in [-0.05, 0) is 39.5 Å². The van der Waals surface area contributed by atoms with Gasteiger partial charge in [0, 0.05) is 13.2 Å². The highest BCUT2D eigenvalue weighted by molar-refractivity contribution is 5.39. The Morgan fingerprint density at radius 2 is 1.62 bits per heavy atom. The molecule has 0 aliphatic carbocycles. The second kappa shape index (κ2) is 6.83. The molecule has 4 N–H and O–H groups in total. The van der Waals surface area contributed by atoms with E-state index in [-0.39, 0.29) is 13.2 Å². The molecule has 0 saturated carbocycles. The molecule has 0 saturated heterocycles. The molecule has 0 rings (SSSR count). The molecule has 0 bridgehead atoms. The molecule has 0 aliphatic rings. The third-order valence-electron chi connectivity index (χ3n) is 3.10. The summed E-state index contributed by atoms with van der Waals surface area (Å²) in [4.78, 5) is 10.4. The van der Waals surface area contributed by atoms with Crippen LogP contribution in [0.3, 0.4) is 0 Å². The summed E-state index contributed by atoms with van der Waals surface area (Å²) in [5.74, 6) is 0. The lowest BCUT2D eigenvalue weighted by atomic mass is 9.76. The van der Waals surface area contributed by atoms with Crippen molar-refractivity contribution >= 4 is 6.47 Å². The Hall–Kier alpha value is -0.650. The van der Waals surface area contributed by atoms with Crippen LogP contribution in [-0.4, -0.2) is 41.0 Å². The number of carbonyl (C=O) groups is 1. The highest BCUT2D eigenvalue weighted by Crippen LogP contribution is 2.31. The van der Waals surface area contributed by atoms with E-state index < -0.39 is 11.1 Å². The Bertz CT molecular complexity index is 198. The number of hydrogen-bond acceptors (Lipinski definition) is 5. The maximum Gasteiger partial charge on any atom is 0.293 e. The molecule has 0 amide bonds. The summed E-state index contributed by atoms with van der Waals surface area (Å²) in [6.07, 6.45) is 2.19. The van der Waals surface area contributed by atoms with Crippen LogP contribution in [0.15, 0.2) is 0 Å². The van der Waals surface area contributed by atoms with Crippen molar-refractivity contribution in [2.75, 3.05) is 13.2 Å². The molecule has 0 spiro atoms. The fourth-order valence-electron chi connectivity index (χ4n) is 1.75. The molecule has 5 heteroatoms. The average molecular weight is 233 g/mol. The first-order valence-electron chi connectivity index (χ1n) is 5.55. The number of hydrogen-bond donors (Lipinski definition) is 3. The molecule has 0 radical (unpaired) electrons. The number of rotatable bonds is 9. The van der Waals surface area contributed by atoms with Gasteiger partial charge in [0.1, 0.15) is 5.60 Å². The normalized spacial score (nSPS) is 12.6. The van der Waals surface area contributed by atoms with Crippen molar-refractivity contribution in [1.29, 1.82) is 0 Å². The predicted molar refractivity (Wildman–Crippen MR) is 60.8 cm³/mol. The van der Waals surface area contributed by atoms with Crippen LogP contribution in [0.1, 0.15) is 39.5 Å². The predicted octanol–water partition coefficient (Wildman–Crippen LogP) is 0.180. The largest absolute Gasteiger partial charge is 0.460 e. The smallest absolute Gasteiger partial charge is 0.293 e. The molecule has 16 heavy (non-hydrogen) atoms. The van der Waals surface area contributed by atoms with E-state index in [1.807, 2.05) is 0 Å². The van der Waals surface area contributed by atoms with E-state index in [9.17, 15) is 4.79 Å². The summed E-state index contributed by atoms with van der Waals surface area (Å²) in [5.41, 5.74) is 4.70. The van der Waals surface area contributed by atoms with E-state index in [1.54, 1.807) is 13.8 Å². The lowest BCUT2D eigenvalue weighted by Crippen LogP contribution is -2.58. The van der Waals surface area contributed by atoms with Crippen LogP contribution in [-0.2, 0) is 9.53 Å². The van der Waals surface area contributed by atoms with Gasteiger partial charge < -0.3 is 20.7 Å². The van der Waals surface area contributed by atoms with Crippen LogP contribution in [0, 0.1) is 0 Å². The minimum atomic E-state index is -0.806. The third kappa shape index (κ3) is 4.08. The van der Waals surface area contributed by atoms with Crippen molar-refractivity contribution in [3.63, 3.8) is 0 Å². The van der Waals surface area contributed by atoms with Gasteiger partial charge in [-0.1, -0.05) is 0 Å². The Kier molecular flexibility index (Phi) is 6.55. The summed E-state index contributed by atoms with van der Waals surface area (Å²) in [7, 11) is 0. The van der Waals surface area contributed by atoms with Crippen LogP contribution in [0.25, 0.3) is 0 Å². The standard InChI is InChI=1S/C11H23NO4/c1-10(2,16-9-15)11(12,5-3-7-13)6-4-8-14/h9,13-14H,3-8,12H2,1-2H3. The van der Waals surface area contributed by atoms with Gasteiger partial charge in [-0.15, -0.1) is 0 Å². The Labute approximate surface area is 96.6 Å². The summed E-state index contributed by atoms with van der Waals surface area (Å²) in [5, 5.41) is 17.7. The molecule has 0 unspecified atom stereocenters. The van der Waals surface area contributed by atoms with Gasteiger partial charge in [-0.25, -0.2) is 0 Å². The first kappa shape index (κ1) is 15.3. The molecule has 0 aromatic heterocycles. The summed E-state index contributed by atoms with van der Waals surface area (Å²) < 4.78 is 5.02. The van der Waals surface area contributed by atoms with Crippen LogP contribution < -0.4 is 5.73 Å². The lowest BCUT2D eigenvalue weighted by molar-refractivity contribution is -0.148. The van der Waals surface area contributed by atoms with Crippen molar-refractivity contribution < 1.29 is 19.7 Å². The molecule has 0 aliphatic heterocycles. The fraction of sp³-hybridized carbons (Fsp3) is 0.909. The molecule has 96 valence electrons. The van der Waals surface area contributed by atoms with Gasteiger partial charge in [-0.3, -0.25) is 4.79 Å². The molecule has 5 nitrogen and oxygen atoms in total. The van der Waals surface area contributed by atoms with E-state index in [0.29, 0.717) is 32.2 Å². The first-order valence-corrected chi connectivity index (χ1v) is 5.55. The molecular weight excluding hydrogens is 210 g/mol. The van der Waals surface area contributed by atoms with Gasteiger partial charge >= 0.3 is 0 Å². The molecule has 0 aromatic rings. The van der Waals surface area contributed by atoms with Gasteiger partial charge in [-0.2, -0.15) is 0 Å². The van der Waals surface area contributed by atoms with Gasteiger partial charge in [0.25, 0.3) is 6.47 Å². The van der Waals surface area contributed by atoms with E-state index in [0.717, 1.165) is 0 Å². The Balaban J connectivity index is 4.66. The van der Waals surface area contributed by atoms with Crippen LogP contribution in [0.5, 0.6) is 0 Å². The van der Waals surface area contributed by atoms with Crippen molar-refractivity contribution in [2.45, 2.75) is 50.7 Å². The van der Waals surface area contributed by atoms with E-state index in [2.05, 4.69) is 0 Å². The second-order valence-corrected chi connectivity index (χ2v) is 4.53. The number of aliphatic hydroxyl groups is 2. The average Bonchev–Trinajstić information content (AvgIpc) is 2.23. The molecule has 0 fully saturated rings. The van der Waals surface area contributed by atoms with Crippen molar-refractivity contribution in [3.05, 3.63) is 0 Å². The van der Waals surface area contributed by atoms with Crippen molar-refractivity contribution in [2.24, 2.45) is 5.73 Å². The van der Waals surface area contributed by atoms with Gasteiger partial charge in [0.2, 0.25) is 0 Å². The summed E-state index contributed by atoms with van der Waals surface area (Å²) in [6, 6.07) is 0. The minimum absolute atomic E-state index is 0.0508. The number of nitrogens with two attached hydrogens (primary N) is 1. The highest BCUT2D eigenvalue weighted by Gasteiger charge is 2.42. The number of carbonyl (C=O) groups excluding carboxylic acids is 1.